The minimum absolute atomic E-state index is 0.0145. The Kier molecular flexibility index (Phi) is 5.01. The molecule has 0 bridgehead atoms. The number of pyridine rings is 1. The van der Waals surface area contributed by atoms with Crippen molar-refractivity contribution >= 4 is 10.0 Å². The number of nitrogens with zero attached hydrogens (tertiary/aromatic N) is 2. The molecule has 1 spiro atoms. The Morgan fingerprint density at radius 2 is 2.17 bits per heavy atom. The molecule has 128 valence electrons. The lowest BCUT2D eigenvalue weighted by Crippen LogP contribution is -2.46. The summed E-state index contributed by atoms with van der Waals surface area (Å²) >= 11 is 0. The number of likely N-dealkylation sites (tertiary alicyclic amines) is 1. The third-order valence-electron chi connectivity index (χ3n) is 4.70. The van der Waals surface area contributed by atoms with Crippen LogP contribution in [0.4, 0.5) is 0 Å². The highest BCUT2D eigenvalue weighted by Gasteiger charge is 2.42. The van der Waals surface area contributed by atoms with Crippen LogP contribution in [-0.2, 0) is 21.3 Å². The molecule has 2 fully saturated rings. The van der Waals surface area contributed by atoms with Gasteiger partial charge < -0.3 is 4.74 Å². The standard InChI is InChI=1S/C16H25N3O3S/c1-23(20,21)18-11-15-3-2-6-16(22-15)7-10-19(13-16)12-14-4-8-17-9-5-14/h4-5,8-9,15,18H,2-3,6-7,10-13H2,1H3/t15-,16-/m0/s1. The second kappa shape index (κ2) is 6.84. The van der Waals surface area contributed by atoms with Crippen molar-refractivity contribution in [1.82, 2.24) is 14.6 Å². The maximum atomic E-state index is 11.3. The van der Waals surface area contributed by atoms with Crippen molar-refractivity contribution in [2.24, 2.45) is 0 Å². The van der Waals surface area contributed by atoms with Gasteiger partial charge in [-0.2, -0.15) is 0 Å². The van der Waals surface area contributed by atoms with Crippen molar-refractivity contribution in [3.05, 3.63) is 30.1 Å². The van der Waals surface area contributed by atoms with Gasteiger partial charge in [0.25, 0.3) is 0 Å². The molecule has 3 heterocycles. The average Bonchev–Trinajstić information content (AvgIpc) is 2.88. The maximum Gasteiger partial charge on any atom is 0.208 e. The first kappa shape index (κ1) is 16.8. The third kappa shape index (κ3) is 4.73. The maximum absolute atomic E-state index is 11.3. The van der Waals surface area contributed by atoms with E-state index in [0.29, 0.717) is 6.54 Å². The second-order valence-electron chi connectivity index (χ2n) is 6.75. The summed E-state index contributed by atoms with van der Waals surface area (Å²) in [7, 11) is -3.16. The Morgan fingerprint density at radius 3 is 2.91 bits per heavy atom. The molecule has 0 saturated carbocycles. The van der Waals surface area contributed by atoms with Gasteiger partial charge in [0.05, 0.1) is 18.0 Å². The Labute approximate surface area is 138 Å². The van der Waals surface area contributed by atoms with Crippen LogP contribution < -0.4 is 4.72 Å². The molecule has 0 aromatic carbocycles. The van der Waals surface area contributed by atoms with Gasteiger partial charge in [0.15, 0.2) is 0 Å². The fourth-order valence-corrected chi connectivity index (χ4v) is 4.11. The van der Waals surface area contributed by atoms with E-state index in [9.17, 15) is 8.42 Å². The quantitative estimate of drug-likeness (QED) is 0.871. The number of aromatic nitrogens is 1. The number of rotatable bonds is 5. The Bertz CT molecular complexity index is 623. The molecular formula is C16H25N3O3S. The van der Waals surface area contributed by atoms with Gasteiger partial charge in [0, 0.05) is 38.6 Å². The van der Waals surface area contributed by atoms with E-state index < -0.39 is 10.0 Å². The van der Waals surface area contributed by atoms with Gasteiger partial charge in [-0.25, -0.2) is 13.1 Å². The highest BCUT2D eigenvalue weighted by Crippen LogP contribution is 2.37. The molecule has 6 nitrogen and oxygen atoms in total. The molecule has 1 aromatic heterocycles. The SMILES string of the molecule is CS(=O)(=O)NC[C@@H]1CCC[C@@]2(CCN(Cc3ccncc3)C2)O1. The minimum Gasteiger partial charge on any atom is -0.369 e. The van der Waals surface area contributed by atoms with Gasteiger partial charge >= 0.3 is 0 Å². The van der Waals surface area contributed by atoms with Crippen LogP contribution in [0.15, 0.2) is 24.5 Å². The van der Waals surface area contributed by atoms with Gasteiger partial charge in [0.1, 0.15) is 0 Å². The van der Waals surface area contributed by atoms with E-state index in [-0.39, 0.29) is 11.7 Å². The molecule has 2 atom stereocenters. The number of ether oxygens (including phenoxy) is 1. The van der Waals surface area contributed by atoms with Gasteiger partial charge in [-0.15, -0.1) is 0 Å². The van der Waals surface area contributed by atoms with Crippen LogP contribution in [0, 0.1) is 0 Å². The molecule has 2 aliphatic heterocycles. The lowest BCUT2D eigenvalue weighted by molar-refractivity contribution is -0.118. The van der Waals surface area contributed by atoms with E-state index in [4.69, 9.17) is 4.74 Å². The van der Waals surface area contributed by atoms with Crippen molar-refractivity contribution in [2.75, 3.05) is 25.9 Å². The van der Waals surface area contributed by atoms with Crippen molar-refractivity contribution in [3.8, 4) is 0 Å². The summed E-state index contributed by atoms with van der Waals surface area (Å²) in [4.78, 5) is 6.47. The van der Waals surface area contributed by atoms with Crippen LogP contribution in [0.3, 0.4) is 0 Å². The summed E-state index contributed by atoms with van der Waals surface area (Å²) < 4.78 is 31.4. The second-order valence-corrected chi connectivity index (χ2v) is 8.58. The normalized spacial score (nSPS) is 29.2. The van der Waals surface area contributed by atoms with E-state index in [1.165, 1.54) is 11.8 Å². The van der Waals surface area contributed by atoms with Crippen molar-refractivity contribution in [3.63, 3.8) is 0 Å². The smallest absolute Gasteiger partial charge is 0.208 e. The Balaban J connectivity index is 1.55. The molecule has 0 unspecified atom stereocenters. The van der Waals surface area contributed by atoms with Crippen molar-refractivity contribution in [2.45, 2.75) is 43.9 Å². The first-order valence-corrected chi connectivity index (χ1v) is 10.1. The summed E-state index contributed by atoms with van der Waals surface area (Å²) in [6.45, 7) is 3.24. The summed E-state index contributed by atoms with van der Waals surface area (Å²) in [6.07, 6.45) is 8.93. The number of hydrogen-bond acceptors (Lipinski definition) is 5. The van der Waals surface area contributed by atoms with Crippen LogP contribution in [0.5, 0.6) is 0 Å². The first-order chi connectivity index (χ1) is 10.9. The fraction of sp³-hybridized carbons (Fsp3) is 0.688. The molecule has 2 saturated heterocycles. The number of nitrogens with one attached hydrogen (secondary N) is 1. The van der Waals surface area contributed by atoms with Crippen LogP contribution in [0.2, 0.25) is 0 Å². The lowest BCUT2D eigenvalue weighted by Gasteiger charge is -2.38. The minimum atomic E-state index is -3.16. The fourth-order valence-electron chi connectivity index (χ4n) is 3.62. The largest absolute Gasteiger partial charge is 0.369 e. The van der Waals surface area contributed by atoms with E-state index >= 15 is 0 Å². The zero-order valence-corrected chi connectivity index (χ0v) is 14.4. The van der Waals surface area contributed by atoms with E-state index in [1.54, 1.807) is 0 Å². The van der Waals surface area contributed by atoms with Crippen LogP contribution in [0.25, 0.3) is 0 Å². The van der Waals surface area contributed by atoms with Crippen molar-refractivity contribution < 1.29 is 13.2 Å². The topological polar surface area (TPSA) is 71.5 Å². The molecule has 1 N–H and O–H groups in total. The van der Waals surface area contributed by atoms with Crippen LogP contribution in [-0.4, -0.2) is 55.9 Å². The van der Waals surface area contributed by atoms with Crippen molar-refractivity contribution in [1.29, 1.82) is 0 Å². The Hall–Kier alpha value is -1.02. The predicted molar refractivity (Wildman–Crippen MR) is 88.4 cm³/mol. The summed E-state index contributed by atoms with van der Waals surface area (Å²) in [6, 6.07) is 4.09. The van der Waals surface area contributed by atoms with Crippen LogP contribution in [0.1, 0.15) is 31.2 Å². The van der Waals surface area contributed by atoms with E-state index in [1.807, 2.05) is 24.5 Å². The highest BCUT2D eigenvalue weighted by atomic mass is 32.2. The predicted octanol–water partition coefficient (Wildman–Crippen LogP) is 1.14. The van der Waals surface area contributed by atoms with E-state index in [2.05, 4.69) is 14.6 Å². The van der Waals surface area contributed by atoms with Gasteiger partial charge in [0.2, 0.25) is 10.0 Å². The molecule has 7 heteroatoms. The molecule has 23 heavy (non-hydrogen) atoms. The molecule has 0 radical (unpaired) electrons. The average molecular weight is 339 g/mol. The summed E-state index contributed by atoms with van der Waals surface area (Å²) in [5.41, 5.74) is 1.16. The molecule has 0 amide bonds. The molecule has 0 aliphatic carbocycles. The van der Waals surface area contributed by atoms with Crippen LogP contribution >= 0.6 is 0 Å². The van der Waals surface area contributed by atoms with E-state index in [0.717, 1.165) is 45.3 Å². The summed E-state index contributed by atoms with van der Waals surface area (Å²) in [5, 5.41) is 0. The number of hydrogen-bond donors (Lipinski definition) is 1. The highest BCUT2D eigenvalue weighted by molar-refractivity contribution is 7.88. The monoisotopic (exact) mass is 339 g/mol. The number of sulfonamides is 1. The summed E-state index contributed by atoms with van der Waals surface area (Å²) in [5.74, 6) is 0. The van der Waals surface area contributed by atoms with Gasteiger partial charge in [-0.1, -0.05) is 0 Å². The zero-order chi connectivity index (χ0) is 16.3. The molecule has 1 aromatic rings. The molecule has 2 aliphatic rings. The van der Waals surface area contributed by atoms with Gasteiger partial charge in [-0.3, -0.25) is 9.88 Å². The zero-order valence-electron chi connectivity index (χ0n) is 13.6. The molecule has 3 rings (SSSR count). The lowest BCUT2D eigenvalue weighted by atomic mass is 9.90. The first-order valence-electron chi connectivity index (χ1n) is 8.18. The Morgan fingerprint density at radius 1 is 1.39 bits per heavy atom. The third-order valence-corrected chi connectivity index (χ3v) is 5.39. The van der Waals surface area contributed by atoms with Gasteiger partial charge in [-0.05, 0) is 43.4 Å². The molecular weight excluding hydrogens is 314 g/mol.